The van der Waals surface area contributed by atoms with Crippen LogP contribution < -0.4 is 5.43 Å². The van der Waals surface area contributed by atoms with Crippen molar-refractivity contribution in [3.05, 3.63) is 84.3 Å². The van der Waals surface area contributed by atoms with Gasteiger partial charge in [-0.3, -0.25) is 4.79 Å². The van der Waals surface area contributed by atoms with Crippen LogP contribution in [-0.2, 0) is 0 Å². The number of hydrogen-bond acceptors (Lipinski definition) is 3. The molecule has 0 radical (unpaired) electrons. The zero-order valence-electron chi connectivity index (χ0n) is 14.3. The zero-order chi connectivity index (χ0) is 18.2. The van der Waals surface area contributed by atoms with Crippen molar-refractivity contribution in [3.8, 4) is 0 Å². The molecule has 2 heterocycles. The summed E-state index contributed by atoms with van der Waals surface area (Å²) in [5.41, 5.74) is 5.14. The van der Waals surface area contributed by atoms with Gasteiger partial charge < -0.3 is 9.40 Å². The lowest BCUT2D eigenvalue weighted by atomic mass is 10.1. The second kappa shape index (κ2) is 6.14. The quantitative estimate of drug-likeness (QED) is 0.360. The lowest BCUT2D eigenvalue weighted by molar-refractivity contribution is 0.0929. The lowest BCUT2D eigenvalue weighted by Crippen LogP contribution is -2.16. The Morgan fingerprint density at radius 3 is 2.70 bits per heavy atom. The first-order chi connectivity index (χ1) is 13.3. The number of rotatable bonds is 3. The summed E-state index contributed by atoms with van der Waals surface area (Å²) in [6, 6.07) is 21.6. The molecule has 5 aromatic rings. The molecular formula is C22H15N3O2. The van der Waals surface area contributed by atoms with Gasteiger partial charge in [0.2, 0.25) is 0 Å². The third kappa shape index (κ3) is 2.66. The van der Waals surface area contributed by atoms with Crippen LogP contribution >= 0.6 is 0 Å². The van der Waals surface area contributed by atoms with Crippen LogP contribution in [0, 0.1) is 0 Å². The topological polar surface area (TPSA) is 70.4 Å². The molecule has 5 rings (SSSR count). The molecule has 5 nitrogen and oxygen atoms in total. The maximum Gasteiger partial charge on any atom is 0.307 e. The summed E-state index contributed by atoms with van der Waals surface area (Å²) < 4.78 is 5.70. The maximum atomic E-state index is 12.4. The second-order valence-corrected chi connectivity index (χ2v) is 6.30. The van der Waals surface area contributed by atoms with Gasteiger partial charge in [0.05, 0.1) is 6.21 Å². The summed E-state index contributed by atoms with van der Waals surface area (Å²) in [6.45, 7) is 0. The van der Waals surface area contributed by atoms with Gasteiger partial charge in [-0.25, -0.2) is 5.43 Å². The van der Waals surface area contributed by atoms with Crippen molar-refractivity contribution in [2.24, 2.45) is 5.10 Å². The van der Waals surface area contributed by atoms with E-state index in [1.807, 2.05) is 66.9 Å². The van der Waals surface area contributed by atoms with E-state index in [1.165, 1.54) is 0 Å². The van der Waals surface area contributed by atoms with Crippen LogP contribution in [0.5, 0.6) is 0 Å². The Balaban J connectivity index is 1.41. The number of amides is 1. The minimum absolute atomic E-state index is 0.234. The third-order valence-corrected chi connectivity index (χ3v) is 4.64. The number of hydrogen-bond donors (Lipinski definition) is 2. The van der Waals surface area contributed by atoms with Crippen molar-refractivity contribution in [1.82, 2.24) is 10.4 Å². The Labute approximate surface area is 154 Å². The monoisotopic (exact) mass is 353 g/mol. The largest absolute Gasteiger partial charge is 0.451 e. The molecule has 5 heteroatoms. The predicted octanol–water partition coefficient (Wildman–Crippen LogP) is 4.83. The summed E-state index contributed by atoms with van der Waals surface area (Å²) >= 11 is 0. The van der Waals surface area contributed by atoms with E-state index in [1.54, 1.807) is 12.3 Å². The van der Waals surface area contributed by atoms with E-state index >= 15 is 0 Å². The number of aromatic amines is 1. The van der Waals surface area contributed by atoms with Crippen molar-refractivity contribution < 1.29 is 9.21 Å². The molecule has 2 aromatic heterocycles. The van der Waals surface area contributed by atoms with Gasteiger partial charge in [-0.1, -0.05) is 48.5 Å². The highest BCUT2D eigenvalue weighted by Crippen LogP contribution is 2.28. The molecule has 2 N–H and O–H groups in total. The molecule has 0 unspecified atom stereocenters. The predicted molar refractivity (Wildman–Crippen MR) is 107 cm³/mol. The number of benzene rings is 3. The minimum Gasteiger partial charge on any atom is -0.451 e. The number of fused-ring (bicyclic) bond motifs is 4. The van der Waals surface area contributed by atoms with E-state index in [9.17, 15) is 4.79 Å². The molecular weight excluding hydrogens is 338 g/mol. The Bertz CT molecular complexity index is 1330. The van der Waals surface area contributed by atoms with Crippen LogP contribution in [0.4, 0.5) is 0 Å². The first-order valence-electron chi connectivity index (χ1n) is 8.60. The number of nitrogens with zero attached hydrogens (tertiary/aromatic N) is 1. The second-order valence-electron chi connectivity index (χ2n) is 6.30. The number of nitrogens with one attached hydrogen (secondary N) is 2. The molecule has 0 aliphatic heterocycles. The molecule has 0 aliphatic rings. The fourth-order valence-electron chi connectivity index (χ4n) is 3.32. The normalized spacial score (nSPS) is 11.7. The van der Waals surface area contributed by atoms with E-state index in [0.29, 0.717) is 5.58 Å². The Morgan fingerprint density at radius 2 is 1.78 bits per heavy atom. The molecule has 27 heavy (non-hydrogen) atoms. The molecule has 0 spiro atoms. The number of furan rings is 1. The Kier molecular flexibility index (Phi) is 3.50. The molecule has 0 fully saturated rings. The molecule has 0 bridgehead atoms. The van der Waals surface area contributed by atoms with E-state index in [2.05, 4.69) is 15.5 Å². The van der Waals surface area contributed by atoms with Gasteiger partial charge in [0.25, 0.3) is 0 Å². The number of para-hydroxylation sites is 1. The zero-order valence-corrected chi connectivity index (χ0v) is 14.3. The summed E-state index contributed by atoms with van der Waals surface area (Å²) in [4.78, 5) is 15.6. The van der Waals surface area contributed by atoms with E-state index in [-0.39, 0.29) is 11.7 Å². The van der Waals surface area contributed by atoms with Gasteiger partial charge >= 0.3 is 5.91 Å². The highest BCUT2D eigenvalue weighted by molar-refractivity contribution is 6.08. The van der Waals surface area contributed by atoms with Crippen molar-refractivity contribution in [3.63, 3.8) is 0 Å². The molecule has 0 saturated heterocycles. The maximum absolute atomic E-state index is 12.4. The van der Waals surface area contributed by atoms with Crippen LogP contribution in [0.3, 0.4) is 0 Å². The summed E-state index contributed by atoms with van der Waals surface area (Å²) in [6.07, 6.45) is 3.47. The lowest BCUT2D eigenvalue weighted by Gasteiger charge is -1.96. The fraction of sp³-hybridized carbons (Fsp3) is 0. The van der Waals surface area contributed by atoms with Gasteiger partial charge in [0.1, 0.15) is 5.58 Å². The number of carbonyl (C=O) groups is 1. The SMILES string of the molecule is O=C(N/N=C\c1c[nH]c2ccccc12)c1cc2c(ccc3ccccc32)o1. The highest BCUT2D eigenvalue weighted by Gasteiger charge is 2.13. The molecule has 130 valence electrons. The van der Waals surface area contributed by atoms with Gasteiger partial charge in [-0.2, -0.15) is 5.10 Å². The van der Waals surface area contributed by atoms with Gasteiger partial charge in [-0.05, 0) is 29.0 Å². The third-order valence-electron chi connectivity index (χ3n) is 4.64. The molecule has 0 aliphatic carbocycles. The van der Waals surface area contributed by atoms with E-state index < -0.39 is 0 Å². The number of hydrazone groups is 1. The smallest absolute Gasteiger partial charge is 0.307 e. The molecule has 1 amide bonds. The Hall–Kier alpha value is -3.86. The highest BCUT2D eigenvalue weighted by atomic mass is 16.3. The van der Waals surface area contributed by atoms with Gasteiger partial charge in [0.15, 0.2) is 5.76 Å². The van der Waals surface area contributed by atoms with Crippen molar-refractivity contribution in [2.75, 3.05) is 0 Å². The van der Waals surface area contributed by atoms with Crippen LogP contribution in [0.15, 0.2) is 82.4 Å². The number of aromatic nitrogens is 1. The molecule has 0 atom stereocenters. The Morgan fingerprint density at radius 1 is 0.963 bits per heavy atom. The average Bonchev–Trinajstić information content (AvgIpc) is 3.32. The van der Waals surface area contributed by atoms with Crippen LogP contribution in [0.25, 0.3) is 32.6 Å². The van der Waals surface area contributed by atoms with Crippen molar-refractivity contribution in [2.45, 2.75) is 0 Å². The minimum atomic E-state index is -0.383. The molecule has 3 aromatic carbocycles. The summed E-state index contributed by atoms with van der Waals surface area (Å²) in [5.74, 6) is -0.149. The first-order valence-corrected chi connectivity index (χ1v) is 8.60. The number of carbonyl (C=O) groups excluding carboxylic acids is 1. The van der Waals surface area contributed by atoms with E-state index in [4.69, 9.17) is 4.42 Å². The van der Waals surface area contributed by atoms with Crippen molar-refractivity contribution in [1.29, 1.82) is 0 Å². The van der Waals surface area contributed by atoms with Crippen molar-refractivity contribution >= 4 is 44.8 Å². The molecule has 0 saturated carbocycles. The fourth-order valence-corrected chi connectivity index (χ4v) is 3.32. The standard InChI is InChI=1S/C22H15N3O2/c26-22(25-24-13-15-12-23-19-8-4-3-7-17(15)19)21-11-18-16-6-2-1-5-14(16)9-10-20(18)27-21/h1-13,23H,(H,25,26)/b24-13-. The van der Waals surface area contributed by atoms with Gasteiger partial charge in [0, 0.05) is 28.0 Å². The summed E-state index contributed by atoms with van der Waals surface area (Å²) in [7, 11) is 0. The first kappa shape index (κ1) is 15.4. The van der Waals surface area contributed by atoms with Crippen LogP contribution in [0.2, 0.25) is 0 Å². The summed E-state index contributed by atoms with van der Waals surface area (Å²) in [5, 5.41) is 8.19. The van der Waals surface area contributed by atoms with E-state index in [0.717, 1.165) is 32.6 Å². The average molecular weight is 353 g/mol. The van der Waals surface area contributed by atoms with Crippen LogP contribution in [-0.4, -0.2) is 17.1 Å². The van der Waals surface area contributed by atoms with Gasteiger partial charge in [-0.15, -0.1) is 0 Å². The van der Waals surface area contributed by atoms with Crippen LogP contribution in [0.1, 0.15) is 16.1 Å². The number of H-pyrrole nitrogens is 1.